The summed E-state index contributed by atoms with van der Waals surface area (Å²) in [5.74, 6) is -0.150. The number of nitrogens with zero attached hydrogens (tertiary/aromatic N) is 1. The van der Waals surface area contributed by atoms with Crippen LogP contribution in [-0.2, 0) is 0 Å². The summed E-state index contributed by atoms with van der Waals surface area (Å²) in [6, 6.07) is 23.1. The van der Waals surface area contributed by atoms with Crippen molar-refractivity contribution in [2.45, 2.75) is 0 Å². The smallest absolute Gasteiger partial charge is 0.255 e. The first kappa shape index (κ1) is 16.2. The zero-order chi connectivity index (χ0) is 17.5. The molecule has 0 unspecified atom stereocenters. The highest BCUT2D eigenvalue weighted by Gasteiger charge is 2.04. The summed E-state index contributed by atoms with van der Waals surface area (Å²) >= 11 is 0. The molecule has 25 heavy (non-hydrogen) atoms. The van der Waals surface area contributed by atoms with Crippen molar-refractivity contribution in [2.24, 2.45) is 5.18 Å². The van der Waals surface area contributed by atoms with Gasteiger partial charge in [0.05, 0.1) is 11.4 Å². The van der Waals surface area contributed by atoms with E-state index in [0.29, 0.717) is 16.9 Å². The SMILES string of the molecule is O=Nc1ccc(NNc2ccc(NC(=O)c3ccccc3)cc2)cc1. The van der Waals surface area contributed by atoms with Crippen molar-refractivity contribution in [1.29, 1.82) is 0 Å². The van der Waals surface area contributed by atoms with E-state index in [0.717, 1.165) is 11.4 Å². The van der Waals surface area contributed by atoms with Gasteiger partial charge in [-0.25, -0.2) is 0 Å². The van der Waals surface area contributed by atoms with Crippen molar-refractivity contribution in [3.05, 3.63) is 89.3 Å². The molecule has 0 aliphatic carbocycles. The van der Waals surface area contributed by atoms with Crippen molar-refractivity contribution in [3.63, 3.8) is 0 Å². The molecular weight excluding hydrogens is 316 g/mol. The van der Waals surface area contributed by atoms with Crippen LogP contribution in [0.1, 0.15) is 10.4 Å². The molecule has 0 aromatic heterocycles. The Hall–Kier alpha value is -3.67. The van der Waals surface area contributed by atoms with E-state index >= 15 is 0 Å². The van der Waals surface area contributed by atoms with E-state index in [-0.39, 0.29) is 5.91 Å². The lowest BCUT2D eigenvalue weighted by molar-refractivity contribution is 0.102. The average Bonchev–Trinajstić information content (AvgIpc) is 2.68. The lowest BCUT2D eigenvalue weighted by Gasteiger charge is -2.11. The second-order valence-electron chi connectivity index (χ2n) is 5.29. The Morgan fingerprint density at radius 2 is 1.20 bits per heavy atom. The van der Waals surface area contributed by atoms with Gasteiger partial charge in [0.15, 0.2) is 0 Å². The molecule has 0 heterocycles. The van der Waals surface area contributed by atoms with Gasteiger partial charge in [-0.15, -0.1) is 4.91 Å². The van der Waals surface area contributed by atoms with E-state index in [1.807, 2.05) is 42.5 Å². The molecule has 3 aromatic rings. The van der Waals surface area contributed by atoms with Crippen LogP contribution in [-0.4, -0.2) is 5.91 Å². The molecule has 3 aromatic carbocycles. The highest BCUT2D eigenvalue weighted by molar-refractivity contribution is 6.04. The maximum Gasteiger partial charge on any atom is 0.255 e. The van der Waals surface area contributed by atoms with Gasteiger partial charge in [0.2, 0.25) is 0 Å². The maximum absolute atomic E-state index is 12.1. The number of amides is 1. The predicted molar refractivity (Wildman–Crippen MR) is 100.0 cm³/mol. The molecule has 6 heteroatoms. The van der Waals surface area contributed by atoms with Crippen molar-refractivity contribution >= 4 is 28.7 Å². The molecule has 0 bridgehead atoms. The van der Waals surface area contributed by atoms with E-state index in [4.69, 9.17) is 0 Å². The molecule has 0 radical (unpaired) electrons. The van der Waals surface area contributed by atoms with Crippen LogP contribution in [0.5, 0.6) is 0 Å². The Morgan fingerprint density at radius 1 is 0.680 bits per heavy atom. The maximum atomic E-state index is 12.1. The number of nitrogens with one attached hydrogen (secondary N) is 3. The van der Waals surface area contributed by atoms with E-state index in [2.05, 4.69) is 21.3 Å². The summed E-state index contributed by atoms with van der Waals surface area (Å²) in [5, 5.41) is 5.70. The number of hydrogen-bond donors (Lipinski definition) is 3. The number of carbonyl (C=O) groups is 1. The lowest BCUT2D eigenvalue weighted by Crippen LogP contribution is -2.12. The summed E-state index contributed by atoms with van der Waals surface area (Å²) in [4.78, 5) is 22.5. The summed E-state index contributed by atoms with van der Waals surface area (Å²) in [6.45, 7) is 0. The van der Waals surface area contributed by atoms with Gasteiger partial charge in [-0.3, -0.25) is 4.79 Å². The molecular formula is C19H16N4O2. The Balaban J connectivity index is 1.56. The van der Waals surface area contributed by atoms with Crippen molar-refractivity contribution < 1.29 is 4.79 Å². The molecule has 3 rings (SSSR count). The molecule has 0 saturated carbocycles. The normalized spacial score (nSPS) is 9.92. The second kappa shape index (κ2) is 7.74. The van der Waals surface area contributed by atoms with Gasteiger partial charge in [0.25, 0.3) is 5.91 Å². The highest BCUT2D eigenvalue weighted by atomic mass is 16.3. The Bertz CT molecular complexity index is 847. The third-order valence-corrected chi connectivity index (χ3v) is 3.50. The van der Waals surface area contributed by atoms with Crippen LogP contribution in [0.25, 0.3) is 0 Å². The van der Waals surface area contributed by atoms with E-state index in [9.17, 15) is 9.70 Å². The zero-order valence-corrected chi connectivity index (χ0v) is 13.3. The Kier molecular flexibility index (Phi) is 5.01. The van der Waals surface area contributed by atoms with Crippen LogP contribution in [0, 0.1) is 4.91 Å². The molecule has 3 N–H and O–H groups in total. The van der Waals surface area contributed by atoms with Gasteiger partial charge in [0.1, 0.15) is 5.69 Å². The van der Waals surface area contributed by atoms with Crippen molar-refractivity contribution in [1.82, 2.24) is 0 Å². The Labute approximate surface area is 144 Å². The number of rotatable bonds is 6. The molecule has 124 valence electrons. The van der Waals surface area contributed by atoms with Crippen molar-refractivity contribution in [3.8, 4) is 0 Å². The number of carbonyl (C=O) groups excluding carboxylic acids is 1. The fourth-order valence-corrected chi connectivity index (χ4v) is 2.18. The first-order valence-electron chi connectivity index (χ1n) is 7.66. The van der Waals surface area contributed by atoms with Gasteiger partial charge >= 0.3 is 0 Å². The number of anilines is 3. The highest BCUT2D eigenvalue weighted by Crippen LogP contribution is 2.18. The van der Waals surface area contributed by atoms with Gasteiger partial charge in [-0.2, -0.15) is 0 Å². The lowest BCUT2D eigenvalue weighted by atomic mass is 10.2. The van der Waals surface area contributed by atoms with E-state index in [1.54, 1.807) is 36.4 Å². The Morgan fingerprint density at radius 3 is 1.76 bits per heavy atom. The summed E-state index contributed by atoms with van der Waals surface area (Å²) in [7, 11) is 0. The van der Waals surface area contributed by atoms with Gasteiger partial charge < -0.3 is 16.2 Å². The van der Waals surface area contributed by atoms with Gasteiger partial charge in [-0.1, -0.05) is 18.2 Å². The summed E-state index contributed by atoms with van der Waals surface area (Å²) in [5.41, 5.74) is 9.38. The molecule has 6 nitrogen and oxygen atoms in total. The average molecular weight is 332 g/mol. The molecule has 0 aliphatic rings. The quantitative estimate of drug-likeness (QED) is 0.448. The molecule has 1 amide bonds. The minimum atomic E-state index is -0.150. The van der Waals surface area contributed by atoms with Crippen LogP contribution < -0.4 is 16.2 Å². The fourth-order valence-electron chi connectivity index (χ4n) is 2.18. The van der Waals surface area contributed by atoms with Gasteiger partial charge in [0, 0.05) is 11.3 Å². The van der Waals surface area contributed by atoms with Gasteiger partial charge in [-0.05, 0) is 65.8 Å². The number of hydrogen-bond acceptors (Lipinski definition) is 5. The van der Waals surface area contributed by atoms with E-state index < -0.39 is 0 Å². The number of nitroso groups, excluding NO2 is 1. The second-order valence-corrected chi connectivity index (χ2v) is 5.29. The first-order chi connectivity index (χ1) is 12.2. The van der Waals surface area contributed by atoms with Crippen LogP contribution in [0.2, 0.25) is 0 Å². The number of benzene rings is 3. The molecule has 0 atom stereocenters. The van der Waals surface area contributed by atoms with Crippen LogP contribution in [0.3, 0.4) is 0 Å². The minimum absolute atomic E-state index is 0.150. The van der Waals surface area contributed by atoms with Crippen LogP contribution in [0.4, 0.5) is 22.7 Å². The predicted octanol–water partition coefficient (Wildman–Crippen LogP) is 4.78. The topological polar surface area (TPSA) is 82.6 Å². The van der Waals surface area contributed by atoms with Crippen LogP contribution in [0.15, 0.2) is 84.0 Å². The molecule has 0 fully saturated rings. The first-order valence-corrected chi connectivity index (χ1v) is 7.66. The third-order valence-electron chi connectivity index (χ3n) is 3.50. The molecule has 0 aliphatic heterocycles. The minimum Gasteiger partial charge on any atom is -0.322 e. The third kappa shape index (κ3) is 4.42. The molecule has 0 saturated heterocycles. The number of hydrazine groups is 1. The zero-order valence-electron chi connectivity index (χ0n) is 13.3. The standard InChI is InChI=1S/C19H16N4O2/c24-19(14-4-2-1-3-5-14)20-15-6-8-16(9-7-15)21-22-17-10-12-18(23-25)13-11-17/h1-13,21-22H,(H,20,24). The van der Waals surface area contributed by atoms with Crippen LogP contribution >= 0.6 is 0 Å². The monoisotopic (exact) mass is 332 g/mol. The fraction of sp³-hybridized carbons (Fsp3) is 0. The summed E-state index contributed by atoms with van der Waals surface area (Å²) in [6.07, 6.45) is 0. The van der Waals surface area contributed by atoms with E-state index in [1.165, 1.54) is 0 Å². The largest absolute Gasteiger partial charge is 0.322 e. The molecule has 0 spiro atoms. The van der Waals surface area contributed by atoms with Crippen molar-refractivity contribution in [2.75, 3.05) is 16.2 Å². The summed E-state index contributed by atoms with van der Waals surface area (Å²) < 4.78 is 0.